The highest BCUT2D eigenvalue weighted by molar-refractivity contribution is 5.92. The summed E-state index contributed by atoms with van der Waals surface area (Å²) >= 11 is 0. The van der Waals surface area contributed by atoms with Crippen LogP contribution in [0.15, 0.2) is 54.7 Å². The molecule has 142 valence electrons. The van der Waals surface area contributed by atoms with Gasteiger partial charge in [0.2, 0.25) is 12.7 Å². The van der Waals surface area contributed by atoms with E-state index in [-0.39, 0.29) is 12.7 Å². The molecule has 1 aliphatic rings. The Kier molecular flexibility index (Phi) is 5.05. The molecule has 7 nitrogen and oxygen atoms in total. The molecule has 0 saturated heterocycles. The van der Waals surface area contributed by atoms with E-state index in [2.05, 4.69) is 20.6 Å². The Morgan fingerprint density at radius 1 is 1.04 bits per heavy atom. The number of ether oxygens (including phenoxy) is 2. The molecule has 0 fully saturated rings. The molecule has 28 heavy (non-hydrogen) atoms. The summed E-state index contributed by atoms with van der Waals surface area (Å²) in [5.74, 6) is 1.62. The first-order chi connectivity index (χ1) is 13.7. The predicted molar refractivity (Wildman–Crippen MR) is 104 cm³/mol. The minimum absolute atomic E-state index is 0.241. The van der Waals surface area contributed by atoms with Crippen LogP contribution in [0.1, 0.15) is 27.2 Å². The van der Waals surface area contributed by atoms with Gasteiger partial charge in [-0.2, -0.15) is 0 Å². The van der Waals surface area contributed by atoms with Gasteiger partial charge in [-0.15, -0.1) is 0 Å². The van der Waals surface area contributed by atoms with E-state index in [1.165, 1.54) is 0 Å². The zero-order valence-electron chi connectivity index (χ0n) is 15.4. The van der Waals surface area contributed by atoms with E-state index in [1.54, 1.807) is 12.3 Å². The summed E-state index contributed by atoms with van der Waals surface area (Å²) in [6.07, 6.45) is 1.57. The summed E-state index contributed by atoms with van der Waals surface area (Å²) in [5.41, 5.74) is 3.52. The van der Waals surface area contributed by atoms with Crippen molar-refractivity contribution in [2.24, 2.45) is 0 Å². The number of hydrogen-bond acceptors (Lipinski definition) is 6. The molecule has 0 spiro atoms. The average Bonchev–Trinajstić information content (AvgIpc) is 3.19. The van der Waals surface area contributed by atoms with E-state index < -0.39 is 0 Å². The number of benzene rings is 2. The van der Waals surface area contributed by atoms with Crippen molar-refractivity contribution in [3.05, 3.63) is 77.1 Å². The Morgan fingerprint density at radius 3 is 2.79 bits per heavy atom. The van der Waals surface area contributed by atoms with Gasteiger partial charge in [-0.05, 0) is 36.2 Å². The van der Waals surface area contributed by atoms with Crippen LogP contribution >= 0.6 is 0 Å². The largest absolute Gasteiger partial charge is 0.454 e. The van der Waals surface area contributed by atoms with Crippen molar-refractivity contribution in [3.63, 3.8) is 0 Å². The van der Waals surface area contributed by atoms with Crippen molar-refractivity contribution in [1.29, 1.82) is 0 Å². The fourth-order valence-corrected chi connectivity index (χ4v) is 2.90. The van der Waals surface area contributed by atoms with E-state index in [0.717, 1.165) is 28.2 Å². The van der Waals surface area contributed by atoms with E-state index in [1.807, 2.05) is 49.4 Å². The van der Waals surface area contributed by atoms with Gasteiger partial charge >= 0.3 is 0 Å². The lowest BCUT2D eigenvalue weighted by atomic mass is 10.1. The third kappa shape index (κ3) is 4.20. The Morgan fingerprint density at radius 2 is 1.89 bits per heavy atom. The van der Waals surface area contributed by atoms with Gasteiger partial charge in [-0.25, -0.2) is 9.97 Å². The Balaban J connectivity index is 1.36. The van der Waals surface area contributed by atoms with Gasteiger partial charge in [0, 0.05) is 19.3 Å². The van der Waals surface area contributed by atoms with Crippen molar-refractivity contribution in [2.45, 2.75) is 20.0 Å². The molecular formula is C21H20N4O3. The highest BCUT2D eigenvalue weighted by atomic mass is 16.7. The van der Waals surface area contributed by atoms with Crippen LogP contribution < -0.4 is 20.1 Å². The summed E-state index contributed by atoms with van der Waals surface area (Å²) in [7, 11) is 0. The first-order valence-corrected chi connectivity index (χ1v) is 8.96. The van der Waals surface area contributed by atoms with Crippen LogP contribution in [0, 0.1) is 6.92 Å². The fraction of sp³-hybridized carbons (Fsp3) is 0.190. The predicted octanol–water partition coefficient (Wildman–Crippen LogP) is 3.06. The number of fused-ring (bicyclic) bond motifs is 1. The number of aromatic nitrogens is 2. The number of anilines is 1. The third-order valence-corrected chi connectivity index (χ3v) is 4.31. The molecule has 1 aliphatic heterocycles. The van der Waals surface area contributed by atoms with Gasteiger partial charge in [0.1, 0.15) is 5.69 Å². The number of rotatable bonds is 6. The van der Waals surface area contributed by atoms with E-state index in [0.29, 0.717) is 24.7 Å². The third-order valence-electron chi connectivity index (χ3n) is 4.31. The minimum atomic E-state index is -0.241. The van der Waals surface area contributed by atoms with Crippen molar-refractivity contribution < 1.29 is 14.3 Å². The number of aryl methyl sites for hydroxylation is 1. The fourth-order valence-electron chi connectivity index (χ4n) is 2.90. The molecule has 7 heteroatoms. The quantitative estimate of drug-likeness (QED) is 0.688. The molecule has 0 bridgehead atoms. The van der Waals surface area contributed by atoms with Gasteiger partial charge in [0.05, 0.1) is 0 Å². The highest BCUT2D eigenvalue weighted by Crippen LogP contribution is 2.32. The van der Waals surface area contributed by atoms with Crippen molar-refractivity contribution in [2.75, 3.05) is 12.1 Å². The zero-order valence-corrected chi connectivity index (χ0v) is 15.4. The Bertz CT molecular complexity index is 1010. The number of carbonyl (C=O) groups is 1. The molecule has 1 aromatic heterocycles. The van der Waals surface area contributed by atoms with Crippen LogP contribution in [0.2, 0.25) is 0 Å². The van der Waals surface area contributed by atoms with Crippen LogP contribution in [0.25, 0.3) is 0 Å². The van der Waals surface area contributed by atoms with Crippen molar-refractivity contribution in [1.82, 2.24) is 15.3 Å². The number of hydrogen-bond donors (Lipinski definition) is 2. The summed E-state index contributed by atoms with van der Waals surface area (Å²) in [6, 6.07) is 15.3. The monoisotopic (exact) mass is 376 g/mol. The van der Waals surface area contributed by atoms with Gasteiger partial charge in [-0.3, -0.25) is 4.79 Å². The lowest BCUT2D eigenvalue weighted by molar-refractivity contribution is 0.0946. The lowest BCUT2D eigenvalue weighted by Crippen LogP contribution is -2.24. The minimum Gasteiger partial charge on any atom is -0.454 e. The topological polar surface area (TPSA) is 85.4 Å². The first-order valence-electron chi connectivity index (χ1n) is 8.96. The van der Waals surface area contributed by atoms with Crippen LogP contribution in [0.4, 0.5) is 5.95 Å². The molecule has 2 heterocycles. The van der Waals surface area contributed by atoms with E-state index in [4.69, 9.17) is 9.47 Å². The SMILES string of the molecule is Cc1cccc(CNC(=O)c2ccnc(NCc3ccc4c(c3)OCO4)n2)c1. The van der Waals surface area contributed by atoms with E-state index >= 15 is 0 Å². The maximum absolute atomic E-state index is 12.4. The lowest BCUT2D eigenvalue weighted by Gasteiger charge is -2.08. The normalized spacial score (nSPS) is 11.9. The molecule has 0 saturated carbocycles. The molecule has 4 rings (SSSR count). The number of amides is 1. The molecule has 0 radical (unpaired) electrons. The van der Waals surface area contributed by atoms with Gasteiger partial charge in [-0.1, -0.05) is 35.9 Å². The number of nitrogens with zero attached hydrogens (tertiary/aromatic N) is 2. The van der Waals surface area contributed by atoms with Crippen LogP contribution in [-0.2, 0) is 13.1 Å². The molecule has 2 N–H and O–H groups in total. The Labute approximate surface area is 162 Å². The first kappa shape index (κ1) is 17.8. The molecule has 0 aliphatic carbocycles. The number of carbonyl (C=O) groups excluding carboxylic acids is 1. The molecular weight excluding hydrogens is 356 g/mol. The second-order valence-electron chi connectivity index (χ2n) is 6.48. The molecule has 1 amide bonds. The van der Waals surface area contributed by atoms with Crippen LogP contribution in [0.5, 0.6) is 11.5 Å². The molecule has 0 unspecified atom stereocenters. The van der Waals surface area contributed by atoms with E-state index in [9.17, 15) is 4.79 Å². The second kappa shape index (κ2) is 7.96. The second-order valence-corrected chi connectivity index (χ2v) is 6.48. The van der Waals surface area contributed by atoms with Gasteiger partial charge in [0.15, 0.2) is 11.5 Å². The number of nitrogens with one attached hydrogen (secondary N) is 2. The standard InChI is InChI=1S/C21H20N4O3/c1-14-3-2-4-15(9-14)11-23-20(26)17-7-8-22-21(25-17)24-12-16-5-6-18-19(10-16)28-13-27-18/h2-10H,11-13H2,1H3,(H,23,26)(H,22,24,25). The zero-order chi connectivity index (χ0) is 19.3. The summed E-state index contributed by atoms with van der Waals surface area (Å²) in [5, 5.41) is 6.01. The Hall–Kier alpha value is -3.61. The van der Waals surface area contributed by atoms with Crippen LogP contribution in [-0.4, -0.2) is 22.7 Å². The van der Waals surface area contributed by atoms with Crippen molar-refractivity contribution >= 4 is 11.9 Å². The van der Waals surface area contributed by atoms with Crippen LogP contribution in [0.3, 0.4) is 0 Å². The van der Waals surface area contributed by atoms with Gasteiger partial charge < -0.3 is 20.1 Å². The summed E-state index contributed by atoms with van der Waals surface area (Å²) < 4.78 is 10.7. The van der Waals surface area contributed by atoms with Gasteiger partial charge in [0.25, 0.3) is 5.91 Å². The average molecular weight is 376 g/mol. The molecule has 3 aromatic rings. The molecule has 0 atom stereocenters. The molecule has 2 aromatic carbocycles. The van der Waals surface area contributed by atoms with Crippen molar-refractivity contribution in [3.8, 4) is 11.5 Å². The smallest absolute Gasteiger partial charge is 0.270 e. The highest BCUT2D eigenvalue weighted by Gasteiger charge is 2.13. The maximum atomic E-state index is 12.4. The summed E-state index contributed by atoms with van der Waals surface area (Å²) in [4.78, 5) is 20.9. The summed E-state index contributed by atoms with van der Waals surface area (Å²) in [6.45, 7) is 3.22. The maximum Gasteiger partial charge on any atom is 0.270 e.